The maximum absolute atomic E-state index is 12.9. The van der Waals surface area contributed by atoms with Gasteiger partial charge in [-0.25, -0.2) is 9.36 Å². The Labute approximate surface area is 152 Å². The van der Waals surface area contributed by atoms with Crippen LogP contribution in [0.2, 0.25) is 0 Å². The molecule has 2 rings (SSSR count). The van der Waals surface area contributed by atoms with Crippen LogP contribution in [0, 0.1) is 0 Å². The Balaban J connectivity index is 1.90. The second-order valence-electron chi connectivity index (χ2n) is 5.38. The molecule has 0 spiro atoms. The normalized spacial score (nSPS) is 11.2. The maximum Gasteiger partial charge on any atom is 0.475 e. The van der Waals surface area contributed by atoms with E-state index in [0.717, 1.165) is 11.1 Å². The zero-order valence-corrected chi connectivity index (χ0v) is 15.1. The summed E-state index contributed by atoms with van der Waals surface area (Å²) >= 11 is 0. The van der Waals surface area contributed by atoms with Crippen molar-refractivity contribution in [3.63, 3.8) is 0 Å². The fourth-order valence-electron chi connectivity index (χ4n) is 2.01. The molecule has 0 saturated carbocycles. The highest BCUT2D eigenvalue weighted by Crippen LogP contribution is 2.51. The van der Waals surface area contributed by atoms with E-state index in [0.29, 0.717) is 6.42 Å². The van der Waals surface area contributed by atoms with E-state index in [1.807, 2.05) is 60.7 Å². The molecule has 0 aliphatic heterocycles. The lowest BCUT2D eigenvalue weighted by molar-refractivity contribution is 0.102. The molecule has 0 heterocycles. The van der Waals surface area contributed by atoms with Crippen molar-refractivity contribution in [1.82, 2.24) is 5.32 Å². The maximum atomic E-state index is 12.9. The topological polar surface area (TPSA) is 94.1 Å². The van der Waals surface area contributed by atoms with Gasteiger partial charge in [0.05, 0.1) is 19.8 Å². The van der Waals surface area contributed by atoms with Gasteiger partial charge in [0, 0.05) is 6.54 Å². The number of hydrogen-bond donors (Lipinski definition) is 2. The van der Waals surface area contributed by atoms with Crippen molar-refractivity contribution in [2.24, 2.45) is 0 Å². The molecule has 0 aromatic heterocycles. The zero-order chi connectivity index (χ0) is 18.7. The lowest BCUT2D eigenvalue weighted by Gasteiger charge is -2.18. The van der Waals surface area contributed by atoms with Crippen LogP contribution in [0.15, 0.2) is 60.7 Å². The smallest absolute Gasteiger partial charge is 0.465 e. The van der Waals surface area contributed by atoms with E-state index < -0.39 is 13.9 Å². The van der Waals surface area contributed by atoms with Crippen molar-refractivity contribution in [1.29, 1.82) is 0 Å². The van der Waals surface area contributed by atoms with Crippen molar-refractivity contribution in [2.75, 3.05) is 13.2 Å². The number of nitrogens with one attached hydrogen (secondary N) is 1. The van der Waals surface area contributed by atoms with Crippen LogP contribution in [0.25, 0.3) is 0 Å². The van der Waals surface area contributed by atoms with E-state index in [2.05, 4.69) is 5.32 Å². The molecule has 7 nitrogen and oxygen atoms in total. The van der Waals surface area contributed by atoms with Crippen LogP contribution in [0.4, 0.5) is 4.79 Å². The predicted molar refractivity (Wildman–Crippen MR) is 96.7 cm³/mol. The first-order valence-corrected chi connectivity index (χ1v) is 9.62. The van der Waals surface area contributed by atoms with Gasteiger partial charge in [-0.05, 0) is 17.5 Å². The van der Waals surface area contributed by atoms with Gasteiger partial charge in [-0.3, -0.25) is 13.6 Å². The number of carboxylic acid groups (broad SMARTS) is 1. The molecule has 140 valence electrons. The van der Waals surface area contributed by atoms with Gasteiger partial charge in [-0.15, -0.1) is 0 Å². The summed E-state index contributed by atoms with van der Waals surface area (Å²) in [7, 11) is -3.79. The Kier molecular flexibility index (Phi) is 8.31. The molecular weight excluding hydrogens is 357 g/mol. The monoisotopic (exact) mass is 379 g/mol. The quantitative estimate of drug-likeness (QED) is 0.449. The van der Waals surface area contributed by atoms with Gasteiger partial charge in [0.2, 0.25) is 0 Å². The summed E-state index contributed by atoms with van der Waals surface area (Å²) in [6.07, 6.45) is -0.770. The average molecular weight is 379 g/mol. The van der Waals surface area contributed by atoms with E-state index in [1.165, 1.54) is 0 Å². The van der Waals surface area contributed by atoms with E-state index in [9.17, 15) is 9.36 Å². The fourth-order valence-corrected chi connectivity index (χ4v) is 3.20. The molecule has 8 heteroatoms. The molecule has 0 atom stereocenters. The molecule has 0 fully saturated rings. The molecule has 0 saturated heterocycles. The molecule has 0 unspecified atom stereocenters. The van der Waals surface area contributed by atoms with Crippen LogP contribution >= 0.6 is 7.82 Å². The third-order valence-electron chi connectivity index (χ3n) is 3.31. The highest BCUT2D eigenvalue weighted by molar-refractivity contribution is 7.48. The Morgan fingerprint density at radius 3 is 1.85 bits per heavy atom. The van der Waals surface area contributed by atoms with Crippen molar-refractivity contribution < 1.29 is 28.0 Å². The van der Waals surface area contributed by atoms with Gasteiger partial charge in [0.25, 0.3) is 0 Å². The van der Waals surface area contributed by atoms with Crippen LogP contribution < -0.4 is 5.32 Å². The molecule has 0 aliphatic rings. The second-order valence-corrected chi connectivity index (χ2v) is 7.05. The number of amides is 1. The molecule has 2 aromatic carbocycles. The Hall–Kier alpha value is -2.18. The number of benzene rings is 2. The van der Waals surface area contributed by atoms with Crippen LogP contribution in [-0.2, 0) is 31.4 Å². The minimum absolute atomic E-state index is 0.0428. The van der Waals surface area contributed by atoms with Crippen molar-refractivity contribution in [3.8, 4) is 0 Å². The van der Waals surface area contributed by atoms with Crippen LogP contribution in [0.3, 0.4) is 0 Å². The Bertz CT molecular complexity index is 663. The van der Waals surface area contributed by atoms with E-state index in [1.54, 1.807) is 0 Å². The second kappa shape index (κ2) is 10.7. The summed E-state index contributed by atoms with van der Waals surface area (Å²) in [5, 5.41) is 10.7. The Morgan fingerprint density at radius 1 is 0.885 bits per heavy atom. The molecule has 26 heavy (non-hydrogen) atoms. The molecule has 1 amide bonds. The van der Waals surface area contributed by atoms with Gasteiger partial charge in [-0.1, -0.05) is 60.7 Å². The summed E-state index contributed by atoms with van der Waals surface area (Å²) in [4.78, 5) is 10.4. The number of phosphoric acid groups is 1. The zero-order valence-electron chi connectivity index (χ0n) is 14.2. The number of rotatable bonds is 11. The fraction of sp³-hybridized carbons (Fsp3) is 0.278. The van der Waals surface area contributed by atoms with E-state index in [4.69, 9.17) is 18.7 Å². The van der Waals surface area contributed by atoms with Crippen molar-refractivity contribution in [3.05, 3.63) is 71.8 Å². The first-order chi connectivity index (χ1) is 12.6. The lowest BCUT2D eigenvalue weighted by Crippen LogP contribution is -2.22. The lowest BCUT2D eigenvalue weighted by atomic mass is 10.2. The summed E-state index contributed by atoms with van der Waals surface area (Å²) in [5.74, 6) is 0. The summed E-state index contributed by atoms with van der Waals surface area (Å²) in [6.45, 7) is 0.397. The largest absolute Gasteiger partial charge is 0.475 e. The first kappa shape index (κ1) is 20.1. The minimum Gasteiger partial charge on any atom is -0.465 e. The van der Waals surface area contributed by atoms with E-state index >= 15 is 0 Å². The molecule has 0 radical (unpaired) electrons. The average Bonchev–Trinajstić information content (AvgIpc) is 2.66. The van der Waals surface area contributed by atoms with Crippen LogP contribution in [0.5, 0.6) is 0 Å². The number of phosphoric ester groups is 1. The predicted octanol–water partition coefficient (Wildman–Crippen LogP) is 4.20. The van der Waals surface area contributed by atoms with Crippen LogP contribution in [-0.4, -0.2) is 24.4 Å². The summed E-state index contributed by atoms with van der Waals surface area (Å²) < 4.78 is 29.1. The molecule has 0 aliphatic carbocycles. The molecule has 0 bridgehead atoms. The van der Waals surface area contributed by atoms with Gasteiger partial charge in [-0.2, -0.15) is 0 Å². The third kappa shape index (κ3) is 7.80. The van der Waals surface area contributed by atoms with Gasteiger partial charge in [0.15, 0.2) is 0 Å². The summed E-state index contributed by atoms with van der Waals surface area (Å²) in [5.41, 5.74) is 1.68. The molecule has 2 N–H and O–H groups in total. The highest BCUT2D eigenvalue weighted by Gasteiger charge is 2.26. The van der Waals surface area contributed by atoms with Crippen molar-refractivity contribution in [2.45, 2.75) is 19.6 Å². The molecule has 2 aromatic rings. The standard InChI is InChI=1S/C18H22NO6P/c20-18(21)19-12-7-13-23-26(22,24-14-16-8-3-1-4-9-16)25-15-17-10-5-2-6-11-17/h1-6,8-11,19H,7,12-15H2,(H,20,21). The highest BCUT2D eigenvalue weighted by atomic mass is 31.2. The van der Waals surface area contributed by atoms with Gasteiger partial charge in [0.1, 0.15) is 0 Å². The van der Waals surface area contributed by atoms with Crippen LogP contribution in [0.1, 0.15) is 17.5 Å². The van der Waals surface area contributed by atoms with Crippen molar-refractivity contribution >= 4 is 13.9 Å². The Morgan fingerprint density at radius 2 is 1.38 bits per heavy atom. The van der Waals surface area contributed by atoms with Gasteiger partial charge < -0.3 is 10.4 Å². The molecular formula is C18H22NO6P. The number of hydrogen-bond acceptors (Lipinski definition) is 5. The summed E-state index contributed by atoms with van der Waals surface area (Å²) in [6, 6.07) is 18.6. The SMILES string of the molecule is O=C(O)NCCCOP(=O)(OCc1ccccc1)OCc1ccccc1. The first-order valence-electron chi connectivity index (χ1n) is 8.16. The third-order valence-corrected chi connectivity index (χ3v) is 4.70. The van der Waals surface area contributed by atoms with E-state index in [-0.39, 0.29) is 26.4 Å². The minimum atomic E-state index is -3.79. The number of carbonyl (C=O) groups is 1. The van der Waals surface area contributed by atoms with Gasteiger partial charge >= 0.3 is 13.9 Å².